The SMILES string of the molecule is CCC1CC12CCN(c1nc(C)n(-c3cccc(Cl)c3Cl)c(=O)c1C)CC2.CCC1CN(c2nc(C)n(-c3cccc(Cl)c3Cl)c(=O)c2C)CC1(C)C.Cc1c(N2CCC3(CC2)Oc2ccccc2[C@@H]3N)nc(C)n(-c2cccc(Cl)c2Cl)c1=O.Cc1c(N2CCC3(CCC3C)CC2)nc(C)n(-c2cccc(Cl)c2Cl)c1=O.Cc1ccc2c(c1)CCN(c1nc(C)n(-c3cccc(Cl)c3Cl)c(=O)c1C)C2. The molecule has 7 aromatic carbocycles. The van der Waals surface area contributed by atoms with Gasteiger partial charge in [-0.2, -0.15) is 0 Å². The number of nitrogens with zero attached hydrogens (tertiary/aromatic N) is 15. The summed E-state index contributed by atoms with van der Waals surface area (Å²) in [6, 6.07) is 40.8. The maximum Gasteiger partial charge on any atom is 0.263 e. The van der Waals surface area contributed by atoms with Gasteiger partial charge in [-0.05, 0) is 239 Å². The molecule has 8 aliphatic rings. The fourth-order valence-electron chi connectivity index (χ4n) is 22.1. The van der Waals surface area contributed by atoms with Crippen molar-refractivity contribution in [3.63, 3.8) is 0 Å². The highest BCUT2D eigenvalue weighted by atomic mass is 35.5. The number of rotatable bonds is 12. The van der Waals surface area contributed by atoms with E-state index in [2.05, 4.69) is 84.2 Å². The van der Waals surface area contributed by atoms with E-state index >= 15 is 0 Å². The number of benzene rings is 7. The lowest BCUT2D eigenvalue weighted by atomic mass is 9.56. The largest absolute Gasteiger partial charge is 0.485 e. The van der Waals surface area contributed by atoms with Crippen LogP contribution in [0.15, 0.2) is 157 Å². The number of ether oxygens (including phenoxy) is 1. The lowest BCUT2D eigenvalue weighted by Gasteiger charge is -2.53. The van der Waals surface area contributed by atoms with Crippen molar-refractivity contribution in [2.75, 3.05) is 83.4 Å². The third kappa shape index (κ3) is 19.9. The summed E-state index contributed by atoms with van der Waals surface area (Å²) < 4.78 is 14.1. The molecule has 3 unspecified atom stereocenters. The Morgan fingerprint density at radius 2 is 0.714 bits per heavy atom. The van der Waals surface area contributed by atoms with Crippen LogP contribution < -0.4 is 62.8 Å². The monoisotopic (exact) mass is 2090 g/mol. The molecule has 20 rings (SSSR count). The quantitative estimate of drug-likeness (QED) is 0.120. The fraction of sp³-hybridized carbons (Fsp3) is 0.426. The van der Waals surface area contributed by atoms with Crippen LogP contribution in [0.3, 0.4) is 0 Å². The van der Waals surface area contributed by atoms with Gasteiger partial charge in [-0.1, -0.05) is 236 Å². The van der Waals surface area contributed by atoms with E-state index in [9.17, 15) is 24.0 Å². The Morgan fingerprint density at radius 3 is 1.04 bits per heavy atom. The van der Waals surface area contributed by atoms with Crippen LogP contribution in [0.4, 0.5) is 29.1 Å². The summed E-state index contributed by atoms with van der Waals surface area (Å²) in [5.41, 5.74) is 17.9. The van der Waals surface area contributed by atoms with Gasteiger partial charge in [-0.3, -0.25) is 46.8 Å². The van der Waals surface area contributed by atoms with Crippen LogP contribution in [0.1, 0.15) is 190 Å². The molecule has 0 bridgehead atoms. The fourth-order valence-corrected chi connectivity index (χ4v) is 24.0. The minimum atomic E-state index is -0.410. The van der Waals surface area contributed by atoms with Gasteiger partial charge in [0.25, 0.3) is 27.8 Å². The second-order valence-electron chi connectivity index (χ2n) is 39.6. The highest BCUT2D eigenvalue weighted by Crippen LogP contribution is 2.61. The van der Waals surface area contributed by atoms with Crippen molar-refractivity contribution >= 4 is 145 Å². The Labute approximate surface area is 868 Å². The summed E-state index contributed by atoms with van der Waals surface area (Å²) in [5.74, 6) is 10.0. The van der Waals surface area contributed by atoms with E-state index in [0.29, 0.717) is 171 Å². The Kier molecular flexibility index (Phi) is 30.9. The first-order valence-electron chi connectivity index (χ1n) is 48.2. The molecule has 12 aromatic rings. The van der Waals surface area contributed by atoms with E-state index in [-0.39, 0.29) is 39.3 Å². The number of hydrogen-bond acceptors (Lipinski definition) is 17. The van der Waals surface area contributed by atoms with Crippen molar-refractivity contribution in [3.8, 4) is 34.2 Å². The van der Waals surface area contributed by atoms with E-state index in [1.165, 1.54) is 77.2 Å². The molecule has 0 amide bonds. The normalized spacial score (nSPS) is 18.8. The van der Waals surface area contributed by atoms with Gasteiger partial charge in [0.05, 0.1) is 113 Å². The number of aromatic nitrogens is 10. The zero-order valence-corrected chi connectivity index (χ0v) is 89.6. The molecule has 2 saturated carbocycles. The lowest BCUT2D eigenvalue weighted by molar-refractivity contribution is 0.0163. The second kappa shape index (κ2) is 41.7. The van der Waals surface area contributed by atoms with E-state index in [0.717, 1.165) is 124 Å². The summed E-state index contributed by atoms with van der Waals surface area (Å²) in [6.45, 7) is 40.6. The lowest BCUT2D eigenvalue weighted by Crippen LogP contribution is -2.52. The Morgan fingerprint density at radius 1 is 0.379 bits per heavy atom. The van der Waals surface area contributed by atoms with Crippen LogP contribution in [0.25, 0.3) is 28.4 Å². The minimum absolute atomic E-state index is 0.0835. The molecule has 4 atom stereocenters. The molecule has 6 fully saturated rings. The molecule has 11 heterocycles. The maximum atomic E-state index is 13.3. The van der Waals surface area contributed by atoms with E-state index in [4.69, 9.17) is 151 Å². The van der Waals surface area contributed by atoms with Crippen molar-refractivity contribution in [2.45, 2.75) is 206 Å². The topological polar surface area (TPSA) is 226 Å². The Hall–Kier alpha value is -9.40. The van der Waals surface area contributed by atoms with Crippen molar-refractivity contribution in [2.24, 2.45) is 39.7 Å². The molecule has 5 aromatic heterocycles. The van der Waals surface area contributed by atoms with Crippen molar-refractivity contribution in [3.05, 3.63) is 315 Å². The number of para-hydroxylation sites is 1. The molecule has 738 valence electrons. The number of nitrogens with two attached hydrogens (primary N) is 1. The van der Waals surface area contributed by atoms with Crippen molar-refractivity contribution < 1.29 is 4.74 Å². The zero-order chi connectivity index (χ0) is 101. The van der Waals surface area contributed by atoms with Crippen LogP contribution in [0.2, 0.25) is 50.2 Å². The van der Waals surface area contributed by atoms with E-state index < -0.39 is 5.60 Å². The number of anilines is 5. The van der Waals surface area contributed by atoms with Gasteiger partial charge in [0.1, 0.15) is 69.6 Å². The highest BCUT2D eigenvalue weighted by molar-refractivity contribution is 6.45. The molecular weight excluding hydrogens is 1970 g/mol. The Balaban J connectivity index is 0.000000126. The number of piperidine rings is 3. The summed E-state index contributed by atoms with van der Waals surface area (Å²) in [5, 5.41) is 3.88. The summed E-state index contributed by atoms with van der Waals surface area (Å²) in [6.07, 6.45) is 13.7. The van der Waals surface area contributed by atoms with Crippen molar-refractivity contribution in [1.82, 2.24) is 47.8 Å². The van der Waals surface area contributed by atoms with Gasteiger partial charge in [0.2, 0.25) is 0 Å². The van der Waals surface area contributed by atoms with Gasteiger partial charge in [-0.25, -0.2) is 24.9 Å². The number of fused-ring (bicyclic) bond motifs is 2. The second-order valence-corrected chi connectivity index (χ2v) is 43.6. The van der Waals surface area contributed by atoms with Crippen LogP contribution >= 0.6 is 116 Å². The molecule has 22 nitrogen and oxygen atoms in total. The summed E-state index contributed by atoms with van der Waals surface area (Å²) in [7, 11) is 0. The van der Waals surface area contributed by atoms with Gasteiger partial charge in [-0.15, -0.1) is 0 Å². The molecule has 2 aliphatic carbocycles. The van der Waals surface area contributed by atoms with E-state index in [1.807, 2.05) is 79.7 Å². The molecular formula is C108H120Cl10N16O6. The predicted octanol–water partition coefficient (Wildman–Crippen LogP) is 25.0. The third-order valence-electron chi connectivity index (χ3n) is 30.9. The first kappa shape index (κ1) is 103. The van der Waals surface area contributed by atoms with Crippen LogP contribution in [-0.2, 0) is 13.0 Å². The average molecular weight is 2090 g/mol. The predicted molar refractivity (Wildman–Crippen MR) is 575 cm³/mol. The standard InChI is InChI=1S/C24H24Cl2N4O2.C22H21Cl2N3O.2C21H25Cl2N3O.C20H25Cl2N3O/c1-14-22(28-15(2)30(23(14)31)18-8-5-7-17(25)20(18)26)29-12-10-24(11-13-29)21(27)16-6-3-4-9-19(16)32-24;1-13-7-8-17-12-26(10-9-16(17)11-13)21-14(2)22(28)27(15(3)25-21)19-6-4-5-18(23)20(19)24;1-13-7-8-21(13)9-11-25(12-10-21)19-14(2)20(27)26(15(3)24-19)17-6-4-5-16(22)18(17)23;1-4-15-12-21(15)8-10-25(11-9-21)19-13(2)20(27)26(14(3)24-19)17-7-5-6-16(22)18(17)23;1-6-14-10-24(11-20(14,4)5)18-12(2)19(26)25(13(3)23-18)16-9-7-8-15(21)17(16)22/h3-9,21H,10-13,27H2,1-2H3;4-8,11H,9-10,12H2,1-3H3;4-6,13H,7-12H2,1-3H3;5-7,15H,4,8-12H2,1-3H3;7-9,14H,6,10-11H2,1-5H3/t21-;;;;/m0..../s1. The minimum Gasteiger partial charge on any atom is -0.485 e. The first-order valence-corrected chi connectivity index (χ1v) is 52.0. The smallest absolute Gasteiger partial charge is 0.263 e. The summed E-state index contributed by atoms with van der Waals surface area (Å²) >= 11 is 62.5. The third-order valence-corrected chi connectivity index (χ3v) is 34.9. The summed E-state index contributed by atoms with van der Waals surface area (Å²) in [4.78, 5) is 101. The Bertz CT molecular complexity index is 7130. The number of halogens is 10. The number of hydrogen-bond donors (Lipinski definition) is 1. The molecule has 0 radical (unpaired) electrons. The highest BCUT2D eigenvalue weighted by Gasteiger charge is 2.54. The van der Waals surface area contributed by atoms with Gasteiger partial charge in [0.15, 0.2) is 0 Å². The van der Waals surface area contributed by atoms with Crippen LogP contribution in [-0.4, -0.2) is 112 Å². The van der Waals surface area contributed by atoms with E-state index in [1.54, 1.807) is 119 Å². The molecule has 4 saturated heterocycles. The van der Waals surface area contributed by atoms with Gasteiger partial charge in [0, 0.05) is 83.9 Å². The first-order chi connectivity index (χ1) is 66.6. The van der Waals surface area contributed by atoms with Crippen molar-refractivity contribution in [1.29, 1.82) is 0 Å². The molecule has 140 heavy (non-hydrogen) atoms. The average Bonchev–Trinajstić information content (AvgIpc) is 1.69. The molecule has 32 heteroatoms. The maximum absolute atomic E-state index is 13.3. The van der Waals surface area contributed by atoms with Gasteiger partial charge < -0.3 is 35.0 Å². The molecule has 6 aliphatic heterocycles. The number of aryl methyl sites for hydroxylation is 6. The van der Waals surface area contributed by atoms with Gasteiger partial charge >= 0.3 is 0 Å². The molecule has 3 spiro atoms. The zero-order valence-electron chi connectivity index (χ0n) is 82.1. The molecule has 2 N–H and O–H groups in total. The van der Waals surface area contributed by atoms with Crippen LogP contribution in [0, 0.1) is 110 Å². The van der Waals surface area contributed by atoms with Crippen LogP contribution in [0.5, 0.6) is 5.75 Å².